The monoisotopic (exact) mass is 468 g/mol. The van der Waals surface area contributed by atoms with E-state index < -0.39 is 0 Å². The Bertz CT molecular complexity index is 622. The van der Waals surface area contributed by atoms with Gasteiger partial charge in [0.05, 0.1) is 26.8 Å². The molecule has 0 aliphatic heterocycles. The van der Waals surface area contributed by atoms with E-state index >= 15 is 0 Å². The molecule has 2 aromatic rings. The van der Waals surface area contributed by atoms with Gasteiger partial charge in [0.1, 0.15) is 11.6 Å². The van der Waals surface area contributed by atoms with Crippen LogP contribution in [0.4, 0.5) is 11.5 Å². The predicted octanol–water partition coefficient (Wildman–Crippen LogP) is 5.77. The second-order valence-corrected chi connectivity index (χ2v) is 6.58. The number of ether oxygens (including phenoxy) is 1. The zero-order valence-electron chi connectivity index (χ0n) is 9.68. The summed E-state index contributed by atoms with van der Waals surface area (Å²) in [5.41, 5.74) is 0.843. The molecule has 1 N–H and O–H groups in total. The summed E-state index contributed by atoms with van der Waals surface area (Å²) in [7, 11) is 1.62. The van der Waals surface area contributed by atoms with Crippen molar-refractivity contribution >= 4 is 70.9 Å². The topological polar surface area (TPSA) is 34.1 Å². The van der Waals surface area contributed by atoms with Crippen molar-refractivity contribution < 1.29 is 4.74 Å². The first-order chi connectivity index (χ1) is 9.01. The highest BCUT2D eigenvalue weighted by atomic mass is 79.9. The van der Waals surface area contributed by atoms with Crippen molar-refractivity contribution in [1.29, 1.82) is 0 Å². The SMILES string of the molecule is COc1cc(Nc2ncc(Cl)cc2Br)c(Br)cc1Br. The van der Waals surface area contributed by atoms with Gasteiger partial charge in [-0.05, 0) is 59.9 Å². The Balaban J connectivity index is 2.37. The first-order valence-electron chi connectivity index (χ1n) is 5.12. The molecule has 0 aliphatic carbocycles. The Labute approximate surface area is 141 Å². The third-order valence-corrected chi connectivity index (χ3v) is 4.39. The van der Waals surface area contributed by atoms with Crippen LogP contribution in [0.2, 0.25) is 5.02 Å². The molecule has 19 heavy (non-hydrogen) atoms. The maximum absolute atomic E-state index is 5.86. The molecule has 1 aromatic heterocycles. The van der Waals surface area contributed by atoms with E-state index in [1.807, 2.05) is 12.1 Å². The lowest BCUT2D eigenvalue weighted by atomic mass is 10.3. The van der Waals surface area contributed by atoms with Crippen molar-refractivity contribution in [2.75, 3.05) is 12.4 Å². The van der Waals surface area contributed by atoms with Gasteiger partial charge in [0, 0.05) is 16.7 Å². The molecule has 0 unspecified atom stereocenters. The number of anilines is 2. The van der Waals surface area contributed by atoms with Gasteiger partial charge in [0.15, 0.2) is 0 Å². The van der Waals surface area contributed by atoms with Crippen LogP contribution in [0.5, 0.6) is 5.75 Å². The van der Waals surface area contributed by atoms with Crippen LogP contribution < -0.4 is 10.1 Å². The Kier molecular flexibility index (Phi) is 5.11. The Morgan fingerprint density at radius 2 is 1.84 bits per heavy atom. The highest BCUT2D eigenvalue weighted by Gasteiger charge is 2.10. The van der Waals surface area contributed by atoms with Crippen LogP contribution in [-0.2, 0) is 0 Å². The lowest BCUT2D eigenvalue weighted by molar-refractivity contribution is 0.412. The fourth-order valence-corrected chi connectivity index (χ4v) is 3.41. The molecule has 0 spiro atoms. The predicted molar refractivity (Wildman–Crippen MR) is 88.6 cm³/mol. The zero-order valence-corrected chi connectivity index (χ0v) is 15.2. The molecule has 0 saturated heterocycles. The van der Waals surface area contributed by atoms with Crippen LogP contribution in [0.3, 0.4) is 0 Å². The van der Waals surface area contributed by atoms with Crippen LogP contribution in [0, 0.1) is 0 Å². The van der Waals surface area contributed by atoms with Crippen molar-refractivity contribution in [3.05, 3.63) is 42.8 Å². The van der Waals surface area contributed by atoms with E-state index in [4.69, 9.17) is 16.3 Å². The smallest absolute Gasteiger partial charge is 0.144 e. The Morgan fingerprint density at radius 1 is 1.11 bits per heavy atom. The van der Waals surface area contributed by atoms with Gasteiger partial charge in [-0.1, -0.05) is 11.6 Å². The number of pyridine rings is 1. The minimum absolute atomic E-state index is 0.574. The van der Waals surface area contributed by atoms with Crippen molar-refractivity contribution in [1.82, 2.24) is 4.98 Å². The highest BCUT2D eigenvalue weighted by Crippen LogP contribution is 2.37. The van der Waals surface area contributed by atoms with Gasteiger partial charge in [-0.2, -0.15) is 0 Å². The highest BCUT2D eigenvalue weighted by molar-refractivity contribution is 9.11. The standard InChI is InChI=1S/C12H8Br3ClN2O/c1-19-11-4-10(7(13)3-8(11)14)18-12-9(15)2-6(16)5-17-12/h2-5H,1H3,(H,17,18). The van der Waals surface area contributed by atoms with Gasteiger partial charge in [-0.3, -0.25) is 0 Å². The van der Waals surface area contributed by atoms with Crippen molar-refractivity contribution in [2.24, 2.45) is 0 Å². The minimum Gasteiger partial charge on any atom is -0.495 e. The third kappa shape index (κ3) is 3.62. The zero-order chi connectivity index (χ0) is 14.0. The van der Waals surface area contributed by atoms with Crippen LogP contribution in [0.1, 0.15) is 0 Å². The van der Waals surface area contributed by atoms with Gasteiger partial charge in [0.25, 0.3) is 0 Å². The van der Waals surface area contributed by atoms with E-state index in [0.29, 0.717) is 10.8 Å². The minimum atomic E-state index is 0.574. The maximum Gasteiger partial charge on any atom is 0.144 e. The average Bonchev–Trinajstić information content (AvgIpc) is 2.35. The molecule has 1 aromatic carbocycles. The molecule has 0 bridgehead atoms. The summed E-state index contributed by atoms with van der Waals surface area (Å²) in [6, 6.07) is 5.56. The summed E-state index contributed by atoms with van der Waals surface area (Å²) in [5.74, 6) is 1.41. The summed E-state index contributed by atoms with van der Waals surface area (Å²) >= 11 is 16.2. The van der Waals surface area contributed by atoms with E-state index in [-0.39, 0.29) is 0 Å². The van der Waals surface area contributed by atoms with Gasteiger partial charge < -0.3 is 10.1 Å². The van der Waals surface area contributed by atoms with Crippen molar-refractivity contribution in [2.45, 2.75) is 0 Å². The summed E-state index contributed by atoms with van der Waals surface area (Å²) in [4.78, 5) is 4.23. The number of hydrogen-bond donors (Lipinski definition) is 1. The third-order valence-electron chi connectivity index (χ3n) is 2.30. The number of methoxy groups -OCH3 is 1. The fraction of sp³-hybridized carbons (Fsp3) is 0.0833. The van der Waals surface area contributed by atoms with Crippen LogP contribution >= 0.6 is 59.4 Å². The largest absolute Gasteiger partial charge is 0.495 e. The molecule has 0 amide bonds. The molecule has 100 valence electrons. The lowest BCUT2D eigenvalue weighted by Crippen LogP contribution is -1.96. The van der Waals surface area contributed by atoms with Gasteiger partial charge in [-0.15, -0.1) is 0 Å². The molecule has 2 rings (SSSR count). The first kappa shape index (κ1) is 15.1. The second-order valence-electron chi connectivity index (χ2n) is 3.58. The summed E-state index contributed by atoms with van der Waals surface area (Å²) < 4.78 is 7.82. The molecule has 0 fully saturated rings. The van der Waals surface area contributed by atoms with E-state index in [0.717, 1.165) is 24.9 Å². The number of aromatic nitrogens is 1. The first-order valence-corrected chi connectivity index (χ1v) is 7.88. The van der Waals surface area contributed by atoms with Gasteiger partial charge in [0.2, 0.25) is 0 Å². The number of rotatable bonds is 3. The fourth-order valence-electron chi connectivity index (χ4n) is 1.42. The number of hydrogen-bond acceptors (Lipinski definition) is 3. The summed E-state index contributed by atoms with van der Waals surface area (Å²) in [6.07, 6.45) is 1.58. The number of halogens is 4. The van der Waals surface area contributed by atoms with Crippen molar-refractivity contribution in [3.63, 3.8) is 0 Å². The maximum atomic E-state index is 5.86. The number of nitrogens with zero attached hydrogens (tertiary/aromatic N) is 1. The quantitative estimate of drug-likeness (QED) is 0.617. The van der Waals surface area contributed by atoms with E-state index in [2.05, 4.69) is 58.1 Å². The molecule has 7 heteroatoms. The lowest BCUT2D eigenvalue weighted by Gasteiger charge is -2.12. The summed E-state index contributed by atoms with van der Waals surface area (Å²) in [5, 5.41) is 3.78. The average molecular weight is 471 g/mol. The van der Waals surface area contributed by atoms with E-state index in [9.17, 15) is 0 Å². The van der Waals surface area contributed by atoms with E-state index in [1.165, 1.54) is 0 Å². The van der Waals surface area contributed by atoms with Crippen LogP contribution in [-0.4, -0.2) is 12.1 Å². The Morgan fingerprint density at radius 3 is 2.47 bits per heavy atom. The number of nitrogens with one attached hydrogen (secondary N) is 1. The second kappa shape index (κ2) is 6.43. The Hall–Kier alpha value is -0.300. The van der Waals surface area contributed by atoms with Crippen molar-refractivity contribution in [3.8, 4) is 5.75 Å². The molecular formula is C12H8Br3ClN2O. The van der Waals surface area contributed by atoms with Crippen LogP contribution in [0.15, 0.2) is 37.8 Å². The van der Waals surface area contributed by atoms with Gasteiger partial charge >= 0.3 is 0 Å². The molecular weight excluding hydrogens is 463 g/mol. The molecule has 0 radical (unpaired) electrons. The molecule has 0 saturated carbocycles. The molecule has 1 heterocycles. The van der Waals surface area contributed by atoms with Gasteiger partial charge in [-0.25, -0.2) is 4.98 Å². The summed E-state index contributed by atoms with van der Waals surface area (Å²) in [6.45, 7) is 0. The van der Waals surface area contributed by atoms with Crippen LogP contribution in [0.25, 0.3) is 0 Å². The molecule has 3 nitrogen and oxygen atoms in total. The number of benzene rings is 1. The molecule has 0 aliphatic rings. The van der Waals surface area contributed by atoms with E-state index in [1.54, 1.807) is 19.4 Å². The molecule has 0 atom stereocenters. The normalized spacial score (nSPS) is 10.4.